The number of carbonyl (C=O) groups is 2. The van der Waals surface area contributed by atoms with Gasteiger partial charge in [-0.15, -0.1) is 15.6 Å². The van der Waals surface area contributed by atoms with Crippen molar-refractivity contribution in [2.75, 3.05) is 18.9 Å². The number of aromatic nitrogens is 2. The van der Waals surface area contributed by atoms with Gasteiger partial charge >= 0.3 is 10.4 Å². The number of β-lactam (4-membered cyclic amide) rings is 1. The number of ketones is 1. The van der Waals surface area contributed by atoms with E-state index >= 15 is 0 Å². The number of thiazole rings is 1. The number of nitrogens with two attached hydrogens (primary N) is 2. The lowest BCUT2D eigenvalue weighted by Crippen LogP contribution is -2.67. The predicted molar refractivity (Wildman–Crippen MR) is 136 cm³/mol. The summed E-state index contributed by atoms with van der Waals surface area (Å²) < 4.78 is 40.6. The first-order valence-corrected chi connectivity index (χ1v) is 13.4. The fourth-order valence-corrected chi connectivity index (χ4v) is 4.69. The van der Waals surface area contributed by atoms with Gasteiger partial charge in [0.15, 0.2) is 23.2 Å². The topological polar surface area (TPSA) is 233 Å². The Balaban J connectivity index is 1.55. The van der Waals surface area contributed by atoms with Crippen molar-refractivity contribution >= 4 is 50.1 Å². The molecule has 1 atom stereocenters. The average Bonchev–Trinajstić information content (AvgIpc) is 3.27. The number of anilines is 1. The van der Waals surface area contributed by atoms with Crippen LogP contribution in [0.4, 0.5) is 5.13 Å². The Bertz CT molecular complexity index is 1340. The zero-order valence-corrected chi connectivity index (χ0v) is 22.1. The molecule has 2 aromatic heterocycles. The SMILES string of the molecule is CC1(C)C(CCCC(=O)C(=NOCCOc2ccnc(C(=N)N)c2)c2csc(N)n2)C(=O)N1OS(=O)(=O)O. The van der Waals surface area contributed by atoms with Crippen LogP contribution in [0, 0.1) is 11.3 Å². The van der Waals surface area contributed by atoms with Crippen molar-refractivity contribution in [3.63, 3.8) is 0 Å². The van der Waals surface area contributed by atoms with E-state index in [1.165, 1.54) is 12.3 Å². The number of ether oxygens (including phenoxy) is 1. The average molecular weight is 570 g/mol. The second kappa shape index (κ2) is 11.8. The van der Waals surface area contributed by atoms with Gasteiger partial charge in [-0.1, -0.05) is 5.16 Å². The third kappa shape index (κ3) is 7.21. The van der Waals surface area contributed by atoms with Gasteiger partial charge in [0, 0.05) is 24.1 Å². The van der Waals surface area contributed by atoms with E-state index in [0.29, 0.717) is 10.8 Å². The summed E-state index contributed by atoms with van der Waals surface area (Å²) in [6.45, 7) is 3.23. The summed E-state index contributed by atoms with van der Waals surface area (Å²) in [4.78, 5) is 38.5. The van der Waals surface area contributed by atoms with E-state index in [0.717, 1.165) is 11.3 Å². The number of oxime groups is 1. The molecule has 0 saturated carbocycles. The minimum Gasteiger partial charge on any atom is -0.490 e. The van der Waals surface area contributed by atoms with Crippen LogP contribution in [0.2, 0.25) is 0 Å². The molecule has 0 aliphatic carbocycles. The number of carbonyl (C=O) groups excluding carboxylic acids is 2. The van der Waals surface area contributed by atoms with Crippen LogP contribution in [0.15, 0.2) is 28.9 Å². The van der Waals surface area contributed by atoms with E-state index in [1.54, 1.807) is 25.3 Å². The predicted octanol–water partition coefficient (Wildman–Crippen LogP) is 0.915. The van der Waals surface area contributed by atoms with E-state index in [-0.39, 0.29) is 60.5 Å². The molecule has 17 heteroatoms. The maximum Gasteiger partial charge on any atom is 0.418 e. The molecule has 1 aliphatic rings. The number of hydroxylamine groups is 2. The third-order valence-corrected chi connectivity index (χ3v) is 6.59. The van der Waals surface area contributed by atoms with Crippen LogP contribution in [-0.2, 0) is 29.1 Å². The van der Waals surface area contributed by atoms with Crippen molar-refractivity contribution in [3.8, 4) is 5.75 Å². The number of rotatable bonds is 14. The highest BCUT2D eigenvalue weighted by Crippen LogP contribution is 2.41. The highest BCUT2D eigenvalue weighted by atomic mass is 32.3. The Hall–Kier alpha value is -3.67. The Morgan fingerprint density at radius 2 is 2.08 bits per heavy atom. The van der Waals surface area contributed by atoms with E-state index in [2.05, 4.69) is 19.4 Å². The Morgan fingerprint density at radius 3 is 2.68 bits per heavy atom. The molecule has 1 amide bonds. The monoisotopic (exact) mass is 569 g/mol. The van der Waals surface area contributed by atoms with Gasteiger partial charge in [-0.3, -0.25) is 24.5 Å². The Morgan fingerprint density at radius 1 is 1.34 bits per heavy atom. The quantitative estimate of drug-likeness (QED) is 0.0621. The van der Waals surface area contributed by atoms with Crippen molar-refractivity contribution in [3.05, 3.63) is 35.1 Å². The van der Waals surface area contributed by atoms with Crippen molar-refractivity contribution in [2.45, 2.75) is 38.6 Å². The smallest absolute Gasteiger partial charge is 0.418 e. The molecule has 0 spiro atoms. The summed E-state index contributed by atoms with van der Waals surface area (Å²) in [7, 11) is -4.84. The van der Waals surface area contributed by atoms with Crippen LogP contribution in [0.25, 0.3) is 0 Å². The van der Waals surface area contributed by atoms with Gasteiger partial charge < -0.3 is 21.0 Å². The number of Topliss-reactive ketones (excluding diaryl/α,β-unsaturated/α-hetero) is 1. The molecule has 206 valence electrons. The number of amides is 1. The van der Waals surface area contributed by atoms with E-state index < -0.39 is 33.5 Å². The molecule has 0 bridgehead atoms. The zero-order chi connectivity index (χ0) is 28.1. The summed E-state index contributed by atoms with van der Waals surface area (Å²) >= 11 is 1.13. The summed E-state index contributed by atoms with van der Waals surface area (Å²) in [5.41, 5.74) is 10.6. The second-order valence-electron chi connectivity index (χ2n) is 8.64. The molecule has 0 radical (unpaired) electrons. The molecule has 3 rings (SSSR count). The number of hydrogen-bond donors (Lipinski definition) is 4. The van der Waals surface area contributed by atoms with E-state index in [9.17, 15) is 18.0 Å². The van der Waals surface area contributed by atoms with Crippen molar-refractivity contribution in [1.82, 2.24) is 15.0 Å². The fourth-order valence-electron chi connectivity index (χ4n) is 3.68. The normalized spacial score (nSPS) is 17.1. The van der Waals surface area contributed by atoms with Gasteiger partial charge in [0.2, 0.25) is 0 Å². The van der Waals surface area contributed by atoms with Gasteiger partial charge in [0.25, 0.3) is 5.91 Å². The summed E-state index contributed by atoms with van der Waals surface area (Å²) in [5, 5.41) is 13.8. The summed E-state index contributed by atoms with van der Waals surface area (Å²) in [5.74, 6) is -1.40. The number of pyridine rings is 1. The minimum atomic E-state index is -4.84. The van der Waals surface area contributed by atoms with E-state index in [1.807, 2.05) is 0 Å². The molecule has 1 unspecified atom stereocenters. The summed E-state index contributed by atoms with van der Waals surface area (Å²) in [6, 6.07) is 3.09. The molecule has 15 nitrogen and oxygen atoms in total. The Labute approximate surface area is 222 Å². The van der Waals surface area contributed by atoms with Gasteiger partial charge in [0.1, 0.15) is 29.6 Å². The van der Waals surface area contributed by atoms with Crippen LogP contribution in [0.1, 0.15) is 44.5 Å². The highest BCUT2D eigenvalue weighted by Gasteiger charge is 2.56. The van der Waals surface area contributed by atoms with Crippen LogP contribution >= 0.6 is 11.3 Å². The first kappa shape index (κ1) is 28.9. The van der Waals surface area contributed by atoms with Gasteiger partial charge in [-0.05, 0) is 32.8 Å². The van der Waals surface area contributed by atoms with Crippen molar-refractivity contribution in [1.29, 1.82) is 5.41 Å². The van der Waals surface area contributed by atoms with Crippen LogP contribution in [-0.4, -0.2) is 70.0 Å². The fraction of sp³-hybridized carbons (Fsp3) is 0.429. The third-order valence-electron chi connectivity index (χ3n) is 5.58. The lowest BCUT2D eigenvalue weighted by atomic mass is 9.75. The molecule has 6 N–H and O–H groups in total. The van der Waals surface area contributed by atoms with Crippen molar-refractivity contribution < 1.29 is 36.4 Å². The number of hydrogen-bond acceptors (Lipinski definition) is 13. The minimum absolute atomic E-state index is 0.0000208. The molecule has 3 heterocycles. The van der Waals surface area contributed by atoms with Gasteiger partial charge in [0.05, 0.1) is 11.5 Å². The lowest BCUT2D eigenvalue weighted by molar-refractivity contribution is -0.229. The summed E-state index contributed by atoms with van der Waals surface area (Å²) in [6.07, 6.45) is 1.99. The lowest BCUT2D eigenvalue weighted by Gasteiger charge is -2.51. The van der Waals surface area contributed by atoms with Crippen LogP contribution < -0.4 is 16.2 Å². The molecule has 0 aromatic carbocycles. The maximum atomic E-state index is 12.9. The number of nitrogens with zero attached hydrogens (tertiary/aromatic N) is 4. The highest BCUT2D eigenvalue weighted by molar-refractivity contribution is 7.80. The number of nitrogens with one attached hydrogen (secondary N) is 1. The van der Waals surface area contributed by atoms with Crippen molar-refractivity contribution in [2.24, 2.45) is 16.8 Å². The van der Waals surface area contributed by atoms with E-state index in [4.69, 9.17) is 31.0 Å². The first-order valence-electron chi connectivity index (χ1n) is 11.2. The molecule has 2 aromatic rings. The molecule has 1 saturated heterocycles. The van der Waals surface area contributed by atoms with Gasteiger partial charge in [-0.2, -0.15) is 13.5 Å². The zero-order valence-electron chi connectivity index (χ0n) is 20.5. The molecule has 1 fully saturated rings. The maximum absolute atomic E-state index is 12.9. The first-order chi connectivity index (χ1) is 17.8. The molecular weight excluding hydrogens is 542 g/mol. The number of amidine groups is 1. The van der Waals surface area contributed by atoms with Crippen LogP contribution in [0.5, 0.6) is 5.75 Å². The second-order valence-corrected chi connectivity index (χ2v) is 10.5. The largest absolute Gasteiger partial charge is 0.490 e. The molecule has 38 heavy (non-hydrogen) atoms. The molecule has 1 aliphatic heterocycles. The standard InChI is InChI=1S/C21H27N7O8S2/c1-21(2)13(19(30)28(21)36-38(31,32)33)4-3-5-16(29)17(15-11-37-20(24)26-15)27-35-9-8-34-12-6-7-25-14(10-12)18(22)23/h6-7,10-11,13H,3-5,8-9H2,1-2H3,(H3,22,23)(H2,24,26)(H,31,32,33). The Kier molecular flexibility index (Phi) is 8.97. The van der Waals surface area contributed by atoms with Gasteiger partial charge in [-0.25, -0.2) is 4.98 Å². The van der Waals surface area contributed by atoms with Crippen LogP contribution in [0.3, 0.4) is 0 Å². The molecular formula is C21H27N7O8S2. The number of nitrogen functional groups attached to an aromatic ring is 2.